The maximum absolute atomic E-state index is 13.0. The summed E-state index contributed by atoms with van der Waals surface area (Å²) >= 11 is 0. The Hall–Kier alpha value is -2.38. The van der Waals surface area contributed by atoms with Crippen molar-refractivity contribution in [2.45, 2.75) is 371 Å². The fraction of sp³-hybridized carbons (Fsp3) is 0.859. The Morgan fingerprint density at radius 2 is 0.805 bits per heavy atom. The molecule has 0 bridgehead atoms. The molecule has 0 saturated carbocycles. The van der Waals surface area contributed by atoms with Crippen molar-refractivity contribution in [3.8, 4) is 0 Å². The fourth-order valence-corrected chi connectivity index (χ4v) is 10.9. The van der Waals surface area contributed by atoms with E-state index in [1.165, 1.54) is 238 Å². The average Bonchev–Trinajstić information content (AvgIpc) is 3.68. The van der Waals surface area contributed by atoms with E-state index in [1.54, 1.807) is 6.08 Å². The first-order valence-electron chi connectivity index (χ1n) is 34.9. The van der Waals surface area contributed by atoms with E-state index in [0.717, 1.165) is 64.2 Å². The van der Waals surface area contributed by atoms with E-state index >= 15 is 0 Å². The number of amides is 1. The Labute approximate surface area is 504 Å². The molecule has 480 valence electrons. The molecule has 0 radical (unpaired) electrons. The van der Waals surface area contributed by atoms with Crippen LogP contribution in [0.1, 0.15) is 328 Å². The van der Waals surface area contributed by atoms with Crippen molar-refractivity contribution in [3.05, 3.63) is 48.6 Å². The van der Waals surface area contributed by atoms with E-state index < -0.39 is 49.5 Å². The summed E-state index contributed by atoms with van der Waals surface area (Å²) in [5, 5.41) is 54.4. The van der Waals surface area contributed by atoms with Gasteiger partial charge in [0.25, 0.3) is 0 Å². The van der Waals surface area contributed by atoms with Gasteiger partial charge in [0.15, 0.2) is 6.29 Å². The number of aliphatic hydroxyl groups excluding tert-OH is 5. The van der Waals surface area contributed by atoms with Gasteiger partial charge in [-0.3, -0.25) is 9.59 Å². The van der Waals surface area contributed by atoms with Crippen LogP contribution in [0.3, 0.4) is 0 Å². The summed E-state index contributed by atoms with van der Waals surface area (Å²) in [6.07, 6.45) is 68.2. The average molecular weight is 1160 g/mol. The molecule has 1 saturated heterocycles. The molecule has 1 aliphatic heterocycles. The van der Waals surface area contributed by atoms with Crippen molar-refractivity contribution in [2.75, 3.05) is 19.8 Å². The minimum atomic E-state index is -1.58. The van der Waals surface area contributed by atoms with Gasteiger partial charge >= 0.3 is 5.97 Å². The summed E-state index contributed by atoms with van der Waals surface area (Å²) in [6.45, 7) is 4.30. The summed E-state index contributed by atoms with van der Waals surface area (Å²) in [7, 11) is 0. The summed E-state index contributed by atoms with van der Waals surface area (Å²) < 4.78 is 16.7. The van der Waals surface area contributed by atoms with E-state index in [9.17, 15) is 35.1 Å². The Kier molecular flexibility index (Phi) is 57.1. The molecule has 82 heavy (non-hydrogen) atoms. The van der Waals surface area contributed by atoms with Gasteiger partial charge < -0.3 is 45.1 Å². The Balaban J connectivity index is 1.97. The zero-order chi connectivity index (χ0) is 59.5. The predicted octanol–water partition coefficient (Wildman–Crippen LogP) is 17.6. The molecule has 0 aromatic carbocycles. The van der Waals surface area contributed by atoms with Crippen molar-refractivity contribution in [2.24, 2.45) is 0 Å². The Morgan fingerprint density at radius 3 is 1.24 bits per heavy atom. The Bertz CT molecular complexity index is 1500. The first-order chi connectivity index (χ1) is 40.2. The van der Waals surface area contributed by atoms with Crippen LogP contribution in [-0.2, 0) is 23.8 Å². The van der Waals surface area contributed by atoms with Crippen molar-refractivity contribution in [1.29, 1.82) is 0 Å². The third-order valence-electron chi connectivity index (χ3n) is 16.4. The highest BCUT2D eigenvalue weighted by molar-refractivity contribution is 5.76. The van der Waals surface area contributed by atoms with Crippen LogP contribution in [0.5, 0.6) is 0 Å². The smallest absolute Gasteiger partial charge is 0.305 e. The second-order valence-electron chi connectivity index (χ2n) is 24.2. The minimum absolute atomic E-state index is 0.00899. The molecule has 11 nitrogen and oxygen atoms in total. The second kappa shape index (κ2) is 60.3. The van der Waals surface area contributed by atoms with Gasteiger partial charge in [0.1, 0.15) is 24.4 Å². The molecular formula is C71H131NO10. The van der Waals surface area contributed by atoms with Crippen LogP contribution in [-0.4, -0.2) is 100 Å². The first-order valence-corrected chi connectivity index (χ1v) is 34.9. The molecule has 1 amide bonds. The van der Waals surface area contributed by atoms with Crippen LogP contribution in [0, 0.1) is 0 Å². The lowest BCUT2D eigenvalue weighted by Gasteiger charge is -2.40. The van der Waals surface area contributed by atoms with Crippen LogP contribution in [0.4, 0.5) is 0 Å². The highest BCUT2D eigenvalue weighted by Crippen LogP contribution is 2.23. The number of hydrogen-bond donors (Lipinski definition) is 6. The van der Waals surface area contributed by atoms with E-state index in [0.29, 0.717) is 19.4 Å². The van der Waals surface area contributed by atoms with Gasteiger partial charge in [-0.1, -0.05) is 287 Å². The summed E-state index contributed by atoms with van der Waals surface area (Å²) in [5.41, 5.74) is 0. The summed E-state index contributed by atoms with van der Waals surface area (Å²) in [4.78, 5) is 25.1. The van der Waals surface area contributed by atoms with Gasteiger partial charge in [-0.05, 0) is 77.0 Å². The SMILES string of the molecule is CCCC/C=C/CC/C=C/CC/C=C/C(O)C(COC1OC(CO)C(O)C(O)C1O)NC(=O)CCCCCCCCCCCCCCCCC/C=C\CCCCCCCCCCCCCCOC(=O)CCCCCCCCCCCCC. The number of aliphatic hydroxyl groups is 5. The standard InChI is InChI=1S/C71H131NO10/c1-3-5-7-9-11-13-15-38-41-45-49-53-57-64(74)63(62-81-71-70(79)69(78)68(77)65(61-73)82-71)72-66(75)58-54-50-46-42-39-35-33-31-29-27-25-23-21-19-17-16-18-20-22-24-26-28-30-32-34-36-40-44-48-52-56-60-80-67(76)59-55-51-47-43-37-14-12-10-8-6-4-2/h9,11,18,20,38,41,53,57,63-65,68-71,73-74,77-79H,3-8,10,12-17,19,21-37,39-40,42-52,54-56,58-62H2,1-2H3,(H,72,75)/b11-9+,20-18-,41-38+,57-53+. The number of esters is 1. The number of rotatable bonds is 61. The highest BCUT2D eigenvalue weighted by atomic mass is 16.7. The molecule has 0 spiro atoms. The van der Waals surface area contributed by atoms with Crippen LogP contribution in [0.25, 0.3) is 0 Å². The normalized spacial score (nSPS) is 18.5. The van der Waals surface area contributed by atoms with Gasteiger partial charge in [0.2, 0.25) is 5.91 Å². The zero-order valence-corrected chi connectivity index (χ0v) is 53.2. The molecule has 0 aromatic rings. The van der Waals surface area contributed by atoms with Crippen LogP contribution >= 0.6 is 0 Å². The third kappa shape index (κ3) is 48.8. The molecule has 0 aliphatic carbocycles. The van der Waals surface area contributed by atoms with E-state index in [1.807, 2.05) is 6.08 Å². The molecule has 0 aromatic heterocycles. The Morgan fingerprint density at radius 1 is 0.439 bits per heavy atom. The van der Waals surface area contributed by atoms with Gasteiger partial charge in [0.05, 0.1) is 32.0 Å². The topological polar surface area (TPSA) is 175 Å². The number of carbonyl (C=O) groups excluding carboxylic acids is 2. The van der Waals surface area contributed by atoms with Gasteiger partial charge in [-0.15, -0.1) is 0 Å². The number of allylic oxidation sites excluding steroid dienone is 7. The van der Waals surface area contributed by atoms with Gasteiger partial charge in [-0.2, -0.15) is 0 Å². The summed E-state index contributed by atoms with van der Waals surface area (Å²) in [5.74, 6) is -0.186. The van der Waals surface area contributed by atoms with Gasteiger partial charge in [-0.25, -0.2) is 0 Å². The van der Waals surface area contributed by atoms with Gasteiger partial charge in [0, 0.05) is 12.8 Å². The molecular weight excluding hydrogens is 1030 g/mol. The molecule has 7 atom stereocenters. The van der Waals surface area contributed by atoms with E-state index in [4.69, 9.17) is 14.2 Å². The monoisotopic (exact) mass is 1160 g/mol. The molecule has 6 N–H and O–H groups in total. The van der Waals surface area contributed by atoms with Crippen molar-refractivity contribution >= 4 is 11.9 Å². The predicted molar refractivity (Wildman–Crippen MR) is 343 cm³/mol. The lowest BCUT2D eigenvalue weighted by atomic mass is 9.99. The maximum Gasteiger partial charge on any atom is 0.305 e. The number of nitrogens with one attached hydrogen (secondary N) is 1. The third-order valence-corrected chi connectivity index (χ3v) is 16.4. The second-order valence-corrected chi connectivity index (χ2v) is 24.2. The van der Waals surface area contributed by atoms with Crippen molar-refractivity contribution in [1.82, 2.24) is 5.32 Å². The minimum Gasteiger partial charge on any atom is -0.466 e. The van der Waals surface area contributed by atoms with Crippen LogP contribution < -0.4 is 5.32 Å². The largest absolute Gasteiger partial charge is 0.466 e. The van der Waals surface area contributed by atoms with E-state index in [2.05, 4.69) is 55.6 Å². The lowest BCUT2D eigenvalue weighted by molar-refractivity contribution is -0.302. The number of unbranched alkanes of at least 4 members (excludes halogenated alkanes) is 41. The quantitative estimate of drug-likeness (QED) is 0.0195. The maximum atomic E-state index is 13.0. The van der Waals surface area contributed by atoms with Crippen molar-refractivity contribution < 1.29 is 49.3 Å². The number of hydrogen-bond acceptors (Lipinski definition) is 10. The van der Waals surface area contributed by atoms with E-state index in [-0.39, 0.29) is 18.5 Å². The molecule has 1 aliphatic rings. The number of ether oxygens (including phenoxy) is 3. The molecule has 11 heteroatoms. The van der Waals surface area contributed by atoms with Crippen molar-refractivity contribution in [3.63, 3.8) is 0 Å². The lowest BCUT2D eigenvalue weighted by Crippen LogP contribution is -2.60. The molecule has 1 fully saturated rings. The highest BCUT2D eigenvalue weighted by Gasteiger charge is 2.44. The molecule has 1 rings (SSSR count). The number of carbonyl (C=O) groups is 2. The summed E-state index contributed by atoms with van der Waals surface area (Å²) in [6, 6.07) is -0.833. The first kappa shape index (κ1) is 77.6. The van der Waals surface area contributed by atoms with Crippen LogP contribution in [0.2, 0.25) is 0 Å². The molecule has 1 heterocycles. The fourth-order valence-electron chi connectivity index (χ4n) is 10.9. The van der Waals surface area contributed by atoms with Crippen LogP contribution in [0.15, 0.2) is 48.6 Å². The zero-order valence-electron chi connectivity index (χ0n) is 53.2. The molecule has 7 unspecified atom stereocenters.